The van der Waals surface area contributed by atoms with Crippen molar-refractivity contribution in [3.63, 3.8) is 0 Å². The minimum Gasteiger partial charge on any atom is -0.480 e. The fourth-order valence-corrected chi connectivity index (χ4v) is 1.86. The van der Waals surface area contributed by atoms with Gasteiger partial charge < -0.3 is 16.2 Å². The van der Waals surface area contributed by atoms with E-state index in [1.54, 1.807) is 24.3 Å². The third-order valence-electron chi connectivity index (χ3n) is 2.66. The molecule has 19 heavy (non-hydrogen) atoms. The summed E-state index contributed by atoms with van der Waals surface area (Å²) in [6, 6.07) is 5.87. The van der Waals surface area contributed by atoms with E-state index in [4.69, 9.17) is 10.8 Å². The fourth-order valence-electron chi connectivity index (χ4n) is 1.59. The van der Waals surface area contributed by atoms with Crippen molar-refractivity contribution in [2.45, 2.75) is 25.3 Å². The van der Waals surface area contributed by atoms with Gasteiger partial charge in [0.1, 0.15) is 6.04 Å². The van der Waals surface area contributed by atoms with Crippen LogP contribution in [0.3, 0.4) is 0 Å². The van der Waals surface area contributed by atoms with Crippen molar-refractivity contribution < 1.29 is 14.7 Å². The first-order valence-corrected chi connectivity index (χ1v) is 6.83. The van der Waals surface area contributed by atoms with Gasteiger partial charge in [-0.25, -0.2) is 4.79 Å². The predicted octanol–water partition coefficient (Wildman–Crippen LogP) is 1.76. The maximum absolute atomic E-state index is 11.9. The van der Waals surface area contributed by atoms with E-state index >= 15 is 0 Å². The monoisotopic (exact) mass is 328 g/mol. The SMILES string of the molecule is NCCCCC(NC(=O)c1ccc(Br)cc1)C(=O)O. The van der Waals surface area contributed by atoms with E-state index in [0.717, 1.165) is 10.9 Å². The van der Waals surface area contributed by atoms with Crippen LogP contribution in [-0.2, 0) is 4.79 Å². The average Bonchev–Trinajstić information content (AvgIpc) is 2.38. The molecule has 1 amide bonds. The van der Waals surface area contributed by atoms with Crippen LogP contribution >= 0.6 is 15.9 Å². The van der Waals surface area contributed by atoms with E-state index in [2.05, 4.69) is 21.2 Å². The van der Waals surface area contributed by atoms with E-state index in [1.807, 2.05) is 0 Å². The molecule has 0 aliphatic carbocycles. The van der Waals surface area contributed by atoms with E-state index in [0.29, 0.717) is 24.9 Å². The van der Waals surface area contributed by atoms with Crippen LogP contribution < -0.4 is 11.1 Å². The van der Waals surface area contributed by atoms with Crippen LogP contribution in [0.1, 0.15) is 29.6 Å². The number of nitrogens with one attached hydrogen (secondary N) is 1. The highest BCUT2D eigenvalue weighted by atomic mass is 79.9. The highest BCUT2D eigenvalue weighted by molar-refractivity contribution is 9.10. The lowest BCUT2D eigenvalue weighted by Crippen LogP contribution is -2.40. The number of carbonyl (C=O) groups excluding carboxylic acids is 1. The summed E-state index contributed by atoms with van der Waals surface area (Å²) in [5.41, 5.74) is 5.80. The van der Waals surface area contributed by atoms with Crippen molar-refractivity contribution in [1.29, 1.82) is 0 Å². The lowest BCUT2D eigenvalue weighted by Gasteiger charge is -2.14. The zero-order valence-corrected chi connectivity index (χ0v) is 12.0. The largest absolute Gasteiger partial charge is 0.480 e. The Bertz CT molecular complexity index is 434. The highest BCUT2D eigenvalue weighted by Crippen LogP contribution is 2.11. The van der Waals surface area contributed by atoms with Crippen LogP contribution in [0.15, 0.2) is 28.7 Å². The first-order valence-electron chi connectivity index (χ1n) is 6.04. The smallest absolute Gasteiger partial charge is 0.326 e. The van der Waals surface area contributed by atoms with Gasteiger partial charge in [0.05, 0.1) is 0 Å². The number of unbranched alkanes of at least 4 members (excludes halogenated alkanes) is 1. The zero-order chi connectivity index (χ0) is 14.3. The Morgan fingerprint density at radius 1 is 1.26 bits per heavy atom. The van der Waals surface area contributed by atoms with Gasteiger partial charge >= 0.3 is 5.97 Å². The van der Waals surface area contributed by atoms with E-state index < -0.39 is 12.0 Å². The second-order valence-corrected chi connectivity index (χ2v) is 5.07. The second-order valence-electron chi connectivity index (χ2n) is 4.16. The highest BCUT2D eigenvalue weighted by Gasteiger charge is 2.19. The van der Waals surface area contributed by atoms with Crippen molar-refractivity contribution >= 4 is 27.8 Å². The number of benzene rings is 1. The van der Waals surface area contributed by atoms with Gasteiger partial charge in [0.15, 0.2) is 0 Å². The number of amides is 1. The maximum atomic E-state index is 11.9. The molecule has 0 saturated carbocycles. The minimum atomic E-state index is -1.03. The van der Waals surface area contributed by atoms with Gasteiger partial charge in [-0.15, -0.1) is 0 Å². The molecular weight excluding hydrogens is 312 g/mol. The zero-order valence-electron chi connectivity index (χ0n) is 10.4. The molecule has 0 fully saturated rings. The predicted molar refractivity (Wildman–Crippen MR) is 75.9 cm³/mol. The van der Waals surface area contributed by atoms with Crippen LogP contribution in [0.25, 0.3) is 0 Å². The standard InChI is InChI=1S/C13H17BrN2O3/c14-10-6-4-9(5-7-10)12(17)16-11(13(18)19)3-1-2-8-15/h4-7,11H,1-3,8,15H2,(H,16,17)(H,18,19). The summed E-state index contributed by atoms with van der Waals surface area (Å²) >= 11 is 3.27. The molecule has 0 aliphatic heterocycles. The van der Waals surface area contributed by atoms with Crippen molar-refractivity contribution in [1.82, 2.24) is 5.32 Å². The molecule has 6 heteroatoms. The van der Waals surface area contributed by atoms with Crippen LogP contribution in [0.5, 0.6) is 0 Å². The Balaban J connectivity index is 2.60. The first kappa shape index (κ1) is 15.7. The normalized spacial score (nSPS) is 11.9. The number of halogens is 1. The van der Waals surface area contributed by atoms with Crippen molar-refractivity contribution in [3.05, 3.63) is 34.3 Å². The lowest BCUT2D eigenvalue weighted by molar-refractivity contribution is -0.139. The Morgan fingerprint density at radius 2 is 1.89 bits per heavy atom. The van der Waals surface area contributed by atoms with E-state index in [-0.39, 0.29) is 5.91 Å². The molecule has 0 aromatic heterocycles. The molecule has 0 bridgehead atoms. The minimum absolute atomic E-state index is 0.382. The molecule has 0 radical (unpaired) electrons. The van der Waals surface area contributed by atoms with Gasteiger partial charge in [-0.1, -0.05) is 15.9 Å². The fraction of sp³-hybridized carbons (Fsp3) is 0.385. The summed E-state index contributed by atoms with van der Waals surface area (Å²) in [7, 11) is 0. The number of carboxylic acids is 1. The summed E-state index contributed by atoms with van der Waals surface area (Å²) in [4.78, 5) is 23.0. The quantitative estimate of drug-likeness (QED) is 0.665. The van der Waals surface area contributed by atoms with Gasteiger partial charge in [0.25, 0.3) is 5.91 Å². The van der Waals surface area contributed by atoms with E-state index in [9.17, 15) is 9.59 Å². The molecule has 0 heterocycles. The number of hydrogen-bond donors (Lipinski definition) is 3. The summed E-state index contributed by atoms with van der Waals surface area (Å²) in [6.07, 6.45) is 1.81. The van der Waals surface area contributed by atoms with Crippen molar-refractivity contribution in [2.24, 2.45) is 5.73 Å². The molecule has 1 atom stereocenters. The summed E-state index contributed by atoms with van der Waals surface area (Å²) in [6.45, 7) is 0.521. The molecular formula is C13H17BrN2O3. The van der Waals surface area contributed by atoms with Crippen molar-refractivity contribution in [3.8, 4) is 0 Å². The van der Waals surface area contributed by atoms with Gasteiger partial charge in [-0.2, -0.15) is 0 Å². The second kappa shape index (κ2) is 7.91. The summed E-state index contributed by atoms with van der Waals surface area (Å²) in [5.74, 6) is -1.41. The van der Waals surface area contributed by atoms with Crippen LogP contribution in [0, 0.1) is 0 Å². The topological polar surface area (TPSA) is 92.4 Å². The number of carbonyl (C=O) groups is 2. The summed E-state index contributed by atoms with van der Waals surface area (Å²) < 4.78 is 0.863. The Hall–Kier alpha value is -1.40. The number of aliphatic carboxylic acids is 1. The number of carboxylic acid groups (broad SMARTS) is 1. The van der Waals surface area contributed by atoms with Gasteiger partial charge in [0.2, 0.25) is 0 Å². The number of nitrogens with two attached hydrogens (primary N) is 1. The molecule has 5 nitrogen and oxygen atoms in total. The molecule has 0 spiro atoms. The van der Waals surface area contributed by atoms with E-state index in [1.165, 1.54) is 0 Å². The molecule has 1 aromatic rings. The molecule has 104 valence electrons. The lowest BCUT2D eigenvalue weighted by atomic mass is 10.1. The first-order chi connectivity index (χ1) is 9.04. The number of hydrogen-bond acceptors (Lipinski definition) is 3. The third-order valence-corrected chi connectivity index (χ3v) is 3.19. The third kappa shape index (κ3) is 5.40. The van der Waals surface area contributed by atoms with Crippen LogP contribution in [0.4, 0.5) is 0 Å². The molecule has 1 rings (SSSR count). The van der Waals surface area contributed by atoms with Gasteiger partial charge in [-0.3, -0.25) is 4.79 Å². The molecule has 1 unspecified atom stereocenters. The Labute approximate surface area is 120 Å². The summed E-state index contributed by atoms with van der Waals surface area (Å²) in [5, 5.41) is 11.6. The Morgan fingerprint density at radius 3 is 2.42 bits per heavy atom. The van der Waals surface area contributed by atoms with Crippen LogP contribution in [-0.4, -0.2) is 29.6 Å². The molecule has 4 N–H and O–H groups in total. The average molecular weight is 329 g/mol. The van der Waals surface area contributed by atoms with Gasteiger partial charge in [-0.05, 0) is 50.1 Å². The molecule has 0 saturated heterocycles. The molecule has 1 aromatic carbocycles. The van der Waals surface area contributed by atoms with Crippen molar-refractivity contribution in [2.75, 3.05) is 6.54 Å². The maximum Gasteiger partial charge on any atom is 0.326 e. The van der Waals surface area contributed by atoms with Crippen LogP contribution in [0.2, 0.25) is 0 Å². The number of rotatable bonds is 7. The van der Waals surface area contributed by atoms with Gasteiger partial charge in [0, 0.05) is 10.0 Å². The molecule has 0 aliphatic rings. The Kier molecular flexibility index (Phi) is 6.52.